The van der Waals surface area contributed by atoms with E-state index in [1.807, 2.05) is 24.3 Å². The second-order valence-electron chi connectivity index (χ2n) is 5.89. The number of carbonyl (C=O) groups excluding carboxylic acids is 2. The number of rotatable bonds is 4. The topological polar surface area (TPSA) is 58.2 Å². The van der Waals surface area contributed by atoms with Crippen LogP contribution in [0.1, 0.15) is 43.7 Å². The molecule has 0 unspecified atom stereocenters. The van der Waals surface area contributed by atoms with E-state index in [2.05, 4.69) is 10.6 Å². The highest BCUT2D eigenvalue weighted by atomic mass is 35.5. The highest BCUT2D eigenvalue weighted by Crippen LogP contribution is 2.38. The largest absolute Gasteiger partial charge is 0.347 e. The van der Waals surface area contributed by atoms with E-state index in [4.69, 9.17) is 11.6 Å². The Morgan fingerprint density at radius 1 is 1.24 bits per heavy atom. The van der Waals surface area contributed by atoms with Crippen molar-refractivity contribution in [3.63, 3.8) is 0 Å². The molecule has 2 N–H and O–H groups in total. The smallest absolute Gasteiger partial charge is 0.243 e. The van der Waals surface area contributed by atoms with Gasteiger partial charge in [0.15, 0.2) is 0 Å². The van der Waals surface area contributed by atoms with Crippen molar-refractivity contribution in [2.75, 3.05) is 0 Å². The van der Waals surface area contributed by atoms with Gasteiger partial charge in [0, 0.05) is 11.4 Å². The van der Waals surface area contributed by atoms with Gasteiger partial charge in [-0.25, -0.2) is 0 Å². The van der Waals surface area contributed by atoms with Crippen LogP contribution >= 0.6 is 11.6 Å². The quantitative estimate of drug-likeness (QED) is 0.898. The average molecular weight is 307 g/mol. The molecule has 4 nitrogen and oxygen atoms in total. The lowest BCUT2D eigenvalue weighted by atomic mass is 9.77. The van der Waals surface area contributed by atoms with Crippen LogP contribution in [0.3, 0.4) is 0 Å². The molecule has 1 aliphatic heterocycles. The summed E-state index contributed by atoms with van der Waals surface area (Å²) in [5.74, 6) is 0.363. The molecule has 3 rings (SSSR count). The van der Waals surface area contributed by atoms with Crippen LogP contribution < -0.4 is 10.6 Å². The summed E-state index contributed by atoms with van der Waals surface area (Å²) >= 11 is 5.93. The van der Waals surface area contributed by atoms with E-state index in [-0.39, 0.29) is 23.9 Å². The minimum Gasteiger partial charge on any atom is -0.347 e. The molecule has 1 saturated carbocycles. The molecule has 0 aromatic heterocycles. The standard InChI is InChI=1S/C16H19ClN2O2/c17-12-6-4-11(5-7-12)15(10-2-1-3-10)19-16(21)13-8-9-14(20)18-13/h4-7,10,13,15H,1-3,8-9H2,(H,18,20)(H,19,21)/t13-,15+/m1/s1. The van der Waals surface area contributed by atoms with Gasteiger partial charge in [0.1, 0.15) is 6.04 Å². The molecule has 1 aliphatic carbocycles. The highest BCUT2D eigenvalue weighted by molar-refractivity contribution is 6.30. The van der Waals surface area contributed by atoms with Crippen LogP contribution in [0, 0.1) is 5.92 Å². The monoisotopic (exact) mass is 306 g/mol. The van der Waals surface area contributed by atoms with Crippen LogP contribution in [-0.4, -0.2) is 17.9 Å². The van der Waals surface area contributed by atoms with Crippen molar-refractivity contribution in [1.29, 1.82) is 0 Å². The van der Waals surface area contributed by atoms with Crippen molar-refractivity contribution in [2.24, 2.45) is 5.92 Å². The van der Waals surface area contributed by atoms with Crippen LogP contribution in [0.2, 0.25) is 5.02 Å². The summed E-state index contributed by atoms with van der Waals surface area (Å²) in [5, 5.41) is 6.54. The van der Waals surface area contributed by atoms with Crippen molar-refractivity contribution in [3.8, 4) is 0 Å². The number of halogens is 1. The van der Waals surface area contributed by atoms with E-state index in [0.29, 0.717) is 23.8 Å². The normalized spacial score (nSPS) is 23.3. The maximum Gasteiger partial charge on any atom is 0.243 e. The van der Waals surface area contributed by atoms with Crippen molar-refractivity contribution < 1.29 is 9.59 Å². The van der Waals surface area contributed by atoms with Crippen LogP contribution in [-0.2, 0) is 9.59 Å². The van der Waals surface area contributed by atoms with Crippen molar-refractivity contribution >= 4 is 23.4 Å². The maximum atomic E-state index is 12.3. The Labute approximate surface area is 129 Å². The molecular formula is C16H19ClN2O2. The van der Waals surface area contributed by atoms with Gasteiger partial charge in [-0.1, -0.05) is 30.2 Å². The fourth-order valence-electron chi connectivity index (χ4n) is 2.98. The molecule has 2 aliphatic rings. The van der Waals surface area contributed by atoms with Crippen molar-refractivity contribution in [3.05, 3.63) is 34.9 Å². The third-order valence-electron chi connectivity index (χ3n) is 4.46. The summed E-state index contributed by atoms with van der Waals surface area (Å²) < 4.78 is 0. The Morgan fingerprint density at radius 3 is 2.48 bits per heavy atom. The minimum absolute atomic E-state index is 0.0148. The van der Waals surface area contributed by atoms with E-state index >= 15 is 0 Å². The summed E-state index contributed by atoms with van der Waals surface area (Å²) in [6.45, 7) is 0. The Morgan fingerprint density at radius 2 is 1.95 bits per heavy atom. The van der Waals surface area contributed by atoms with Gasteiger partial charge in [0.2, 0.25) is 11.8 Å². The summed E-state index contributed by atoms with van der Waals surface area (Å²) in [6.07, 6.45) is 4.50. The second kappa shape index (κ2) is 6.06. The van der Waals surface area contributed by atoms with Crippen LogP contribution in [0.15, 0.2) is 24.3 Å². The van der Waals surface area contributed by atoms with Gasteiger partial charge in [0.25, 0.3) is 0 Å². The summed E-state index contributed by atoms with van der Waals surface area (Å²) in [4.78, 5) is 23.6. The van der Waals surface area contributed by atoms with E-state index in [9.17, 15) is 9.59 Å². The lowest BCUT2D eigenvalue weighted by Gasteiger charge is -2.35. The van der Waals surface area contributed by atoms with Gasteiger partial charge >= 0.3 is 0 Å². The number of nitrogens with one attached hydrogen (secondary N) is 2. The molecule has 0 spiro atoms. The van der Waals surface area contributed by atoms with Gasteiger partial charge in [0.05, 0.1) is 6.04 Å². The lowest BCUT2D eigenvalue weighted by molar-refractivity contribution is -0.126. The lowest BCUT2D eigenvalue weighted by Crippen LogP contribution is -2.45. The van der Waals surface area contributed by atoms with Crippen molar-refractivity contribution in [2.45, 2.75) is 44.2 Å². The van der Waals surface area contributed by atoms with E-state index < -0.39 is 0 Å². The SMILES string of the molecule is O=C1CC[C@H](C(=O)N[C@H](c2ccc(Cl)cc2)C2CCC2)N1. The molecule has 2 fully saturated rings. The number of benzene rings is 1. The number of carbonyl (C=O) groups is 2. The fraction of sp³-hybridized carbons (Fsp3) is 0.500. The maximum absolute atomic E-state index is 12.3. The molecular weight excluding hydrogens is 288 g/mol. The number of hydrogen-bond donors (Lipinski definition) is 2. The first kappa shape index (κ1) is 14.4. The zero-order valence-corrected chi connectivity index (χ0v) is 12.5. The van der Waals surface area contributed by atoms with Gasteiger partial charge in [-0.15, -0.1) is 0 Å². The molecule has 1 heterocycles. The summed E-state index contributed by atoms with van der Waals surface area (Å²) in [6, 6.07) is 7.28. The first-order valence-corrected chi connectivity index (χ1v) is 7.86. The Balaban J connectivity index is 1.72. The van der Waals surface area contributed by atoms with Gasteiger partial charge < -0.3 is 10.6 Å². The fourth-order valence-corrected chi connectivity index (χ4v) is 3.11. The van der Waals surface area contributed by atoms with Gasteiger partial charge in [-0.3, -0.25) is 9.59 Å². The Hall–Kier alpha value is -1.55. The van der Waals surface area contributed by atoms with Gasteiger partial charge in [-0.05, 0) is 42.9 Å². The number of hydrogen-bond acceptors (Lipinski definition) is 2. The first-order valence-electron chi connectivity index (χ1n) is 7.48. The van der Waals surface area contributed by atoms with E-state index in [1.165, 1.54) is 6.42 Å². The minimum atomic E-state index is -0.382. The molecule has 5 heteroatoms. The Kier molecular flexibility index (Phi) is 4.15. The van der Waals surface area contributed by atoms with Crippen LogP contribution in [0.25, 0.3) is 0 Å². The first-order chi connectivity index (χ1) is 10.1. The van der Waals surface area contributed by atoms with Gasteiger partial charge in [-0.2, -0.15) is 0 Å². The average Bonchev–Trinajstić information content (AvgIpc) is 2.83. The molecule has 112 valence electrons. The molecule has 0 bridgehead atoms. The third kappa shape index (κ3) is 3.21. The second-order valence-corrected chi connectivity index (χ2v) is 6.32. The third-order valence-corrected chi connectivity index (χ3v) is 4.71. The molecule has 1 saturated heterocycles. The zero-order chi connectivity index (χ0) is 14.8. The summed E-state index contributed by atoms with van der Waals surface area (Å²) in [5.41, 5.74) is 1.08. The molecule has 2 amide bonds. The van der Waals surface area contributed by atoms with Crippen LogP contribution in [0.5, 0.6) is 0 Å². The zero-order valence-electron chi connectivity index (χ0n) is 11.8. The van der Waals surface area contributed by atoms with E-state index in [1.54, 1.807) is 0 Å². The van der Waals surface area contributed by atoms with Crippen molar-refractivity contribution in [1.82, 2.24) is 10.6 Å². The van der Waals surface area contributed by atoms with E-state index in [0.717, 1.165) is 18.4 Å². The molecule has 1 aromatic rings. The predicted octanol–water partition coefficient (Wildman–Crippen LogP) is 2.58. The number of amides is 2. The highest BCUT2D eigenvalue weighted by Gasteiger charge is 2.33. The summed E-state index contributed by atoms with van der Waals surface area (Å²) in [7, 11) is 0. The predicted molar refractivity (Wildman–Crippen MR) is 80.8 cm³/mol. The Bertz CT molecular complexity index is 540. The molecule has 0 radical (unpaired) electrons. The van der Waals surface area contributed by atoms with Crippen LogP contribution in [0.4, 0.5) is 0 Å². The molecule has 2 atom stereocenters. The molecule has 1 aromatic carbocycles. The molecule has 21 heavy (non-hydrogen) atoms.